The van der Waals surface area contributed by atoms with Crippen molar-refractivity contribution in [2.75, 3.05) is 18.2 Å². The lowest BCUT2D eigenvalue weighted by Crippen LogP contribution is -2.13. The van der Waals surface area contributed by atoms with Crippen molar-refractivity contribution in [2.45, 2.75) is 19.8 Å². The van der Waals surface area contributed by atoms with Crippen molar-refractivity contribution in [2.24, 2.45) is 0 Å². The van der Waals surface area contributed by atoms with E-state index in [-0.39, 0.29) is 5.91 Å². The average Bonchev–Trinajstić information content (AvgIpc) is 2.48. The number of hydrogen-bond donors (Lipinski definition) is 2. The molecule has 0 atom stereocenters. The molecule has 4 nitrogen and oxygen atoms in total. The summed E-state index contributed by atoms with van der Waals surface area (Å²) < 4.78 is 5.11. The van der Waals surface area contributed by atoms with Gasteiger partial charge in [-0.3, -0.25) is 4.79 Å². The second kappa shape index (κ2) is 6.79. The summed E-state index contributed by atoms with van der Waals surface area (Å²) in [5.41, 5.74) is 9.28. The Bertz CT molecular complexity index is 621. The Hall–Kier alpha value is -2.49. The van der Waals surface area contributed by atoms with E-state index in [2.05, 4.69) is 5.32 Å². The van der Waals surface area contributed by atoms with Gasteiger partial charge in [0.05, 0.1) is 7.11 Å². The third kappa shape index (κ3) is 4.24. The first kappa shape index (κ1) is 14.9. The maximum Gasteiger partial charge on any atom is 0.224 e. The molecule has 1 amide bonds. The molecule has 0 spiro atoms. The van der Waals surface area contributed by atoms with Crippen LogP contribution in [-0.4, -0.2) is 13.0 Å². The summed E-state index contributed by atoms with van der Waals surface area (Å²) in [6, 6.07) is 13.2. The molecular weight excluding hydrogens is 264 g/mol. The van der Waals surface area contributed by atoms with Crippen molar-refractivity contribution in [3.05, 3.63) is 53.6 Å². The number of benzene rings is 2. The molecule has 21 heavy (non-hydrogen) atoms. The van der Waals surface area contributed by atoms with Gasteiger partial charge >= 0.3 is 0 Å². The average molecular weight is 284 g/mol. The Morgan fingerprint density at radius 1 is 1.19 bits per heavy atom. The van der Waals surface area contributed by atoms with Crippen LogP contribution in [0.25, 0.3) is 0 Å². The monoisotopic (exact) mass is 284 g/mol. The predicted molar refractivity (Wildman–Crippen MR) is 85.5 cm³/mol. The smallest absolute Gasteiger partial charge is 0.224 e. The van der Waals surface area contributed by atoms with Crippen LogP contribution in [0.4, 0.5) is 11.4 Å². The van der Waals surface area contributed by atoms with E-state index in [1.165, 1.54) is 0 Å². The summed E-state index contributed by atoms with van der Waals surface area (Å²) in [6.07, 6.45) is 1.14. The van der Waals surface area contributed by atoms with Gasteiger partial charge in [0, 0.05) is 17.8 Å². The first-order chi connectivity index (χ1) is 10.1. The first-order valence-corrected chi connectivity index (χ1v) is 6.87. The van der Waals surface area contributed by atoms with E-state index < -0.39 is 0 Å². The lowest BCUT2D eigenvalue weighted by Gasteiger charge is -2.09. The molecule has 0 saturated heterocycles. The third-order valence-corrected chi connectivity index (χ3v) is 3.32. The molecule has 3 N–H and O–H groups in total. The van der Waals surface area contributed by atoms with Crippen molar-refractivity contribution in [1.82, 2.24) is 0 Å². The number of hydrogen-bond acceptors (Lipinski definition) is 3. The van der Waals surface area contributed by atoms with Crippen molar-refractivity contribution in [3.8, 4) is 5.75 Å². The number of aryl methyl sites for hydroxylation is 2. The Labute approximate surface area is 124 Å². The number of nitrogens with two attached hydrogens (primary N) is 1. The van der Waals surface area contributed by atoms with E-state index in [1.54, 1.807) is 13.2 Å². The predicted octanol–water partition coefficient (Wildman–Crippen LogP) is 3.16. The molecular formula is C17H20N2O2. The normalized spacial score (nSPS) is 10.2. The summed E-state index contributed by atoms with van der Waals surface area (Å²) in [5.74, 6) is 0.819. The highest BCUT2D eigenvalue weighted by molar-refractivity contribution is 5.91. The van der Waals surface area contributed by atoms with Crippen LogP contribution in [0, 0.1) is 6.92 Å². The molecule has 4 heteroatoms. The molecule has 0 aliphatic carbocycles. The standard InChI is InChI=1S/C17H20N2O2/c1-12-11-14(18)6-9-16(12)19-17(20)10-5-13-3-7-15(21-2)8-4-13/h3-4,6-9,11H,5,10,18H2,1-2H3,(H,19,20). The van der Waals surface area contributed by atoms with Crippen LogP contribution in [0.1, 0.15) is 17.5 Å². The van der Waals surface area contributed by atoms with Crippen molar-refractivity contribution < 1.29 is 9.53 Å². The molecule has 2 aromatic carbocycles. The lowest BCUT2D eigenvalue weighted by molar-refractivity contribution is -0.116. The van der Waals surface area contributed by atoms with Crippen molar-refractivity contribution in [3.63, 3.8) is 0 Å². The van der Waals surface area contributed by atoms with Crippen molar-refractivity contribution >= 4 is 17.3 Å². The van der Waals surface area contributed by atoms with Gasteiger partial charge in [-0.1, -0.05) is 12.1 Å². The highest BCUT2D eigenvalue weighted by Crippen LogP contribution is 2.18. The zero-order chi connectivity index (χ0) is 15.2. The molecule has 0 radical (unpaired) electrons. The maximum absolute atomic E-state index is 12.0. The van der Waals surface area contributed by atoms with Crippen LogP contribution in [0.3, 0.4) is 0 Å². The minimum absolute atomic E-state index is 0.00121. The molecule has 0 unspecified atom stereocenters. The fraction of sp³-hybridized carbons (Fsp3) is 0.235. The SMILES string of the molecule is COc1ccc(CCC(=O)Nc2ccc(N)cc2C)cc1. The van der Waals surface area contributed by atoms with E-state index in [0.717, 1.165) is 22.6 Å². The maximum atomic E-state index is 12.0. The first-order valence-electron chi connectivity index (χ1n) is 6.87. The quantitative estimate of drug-likeness (QED) is 0.829. The van der Waals surface area contributed by atoms with Gasteiger partial charge in [0.15, 0.2) is 0 Å². The number of anilines is 2. The number of nitrogen functional groups attached to an aromatic ring is 1. The molecule has 0 aliphatic rings. The number of nitrogens with one attached hydrogen (secondary N) is 1. The van der Waals surface area contributed by atoms with Crippen LogP contribution in [0.15, 0.2) is 42.5 Å². The largest absolute Gasteiger partial charge is 0.497 e. The van der Waals surface area contributed by atoms with Gasteiger partial charge in [0.25, 0.3) is 0 Å². The lowest BCUT2D eigenvalue weighted by atomic mass is 10.1. The van der Waals surface area contributed by atoms with Gasteiger partial charge in [-0.2, -0.15) is 0 Å². The zero-order valence-corrected chi connectivity index (χ0v) is 12.3. The fourth-order valence-corrected chi connectivity index (χ4v) is 2.09. The van der Waals surface area contributed by atoms with Gasteiger partial charge in [0.1, 0.15) is 5.75 Å². The molecule has 0 aliphatic heterocycles. The fourth-order valence-electron chi connectivity index (χ4n) is 2.09. The molecule has 0 aromatic heterocycles. The second-order valence-electron chi connectivity index (χ2n) is 4.97. The molecule has 110 valence electrons. The van der Waals surface area contributed by atoms with Gasteiger partial charge in [-0.15, -0.1) is 0 Å². The number of carbonyl (C=O) groups excluding carboxylic acids is 1. The van der Waals surface area contributed by atoms with Crippen LogP contribution < -0.4 is 15.8 Å². The summed E-state index contributed by atoms with van der Waals surface area (Å²) in [4.78, 5) is 12.0. The Morgan fingerprint density at radius 3 is 2.52 bits per heavy atom. The van der Waals surface area contributed by atoms with Gasteiger partial charge in [-0.25, -0.2) is 0 Å². The topological polar surface area (TPSA) is 64.3 Å². The van der Waals surface area contributed by atoms with Gasteiger partial charge in [-0.05, 0) is 54.8 Å². The summed E-state index contributed by atoms with van der Waals surface area (Å²) in [7, 11) is 1.64. The minimum atomic E-state index is -0.00121. The zero-order valence-electron chi connectivity index (χ0n) is 12.3. The van der Waals surface area contributed by atoms with E-state index in [4.69, 9.17) is 10.5 Å². The van der Waals surface area contributed by atoms with E-state index >= 15 is 0 Å². The number of amides is 1. The number of carbonyl (C=O) groups is 1. The van der Waals surface area contributed by atoms with E-state index in [0.29, 0.717) is 18.5 Å². The molecule has 2 aromatic rings. The van der Waals surface area contributed by atoms with Gasteiger partial charge in [0.2, 0.25) is 5.91 Å². The number of ether oxygens (including phenoxy) is 1. The van der Waals surface area contributed by atoms with Crippen LogP contribution in [0.2, 0.25) is 0 Å². The molecule has 0 fully saturated rings. The summed E-state index contributed by atoms with van der Waals surface area (Å²) in [6.45, 7) is 1.93. The van der Waals surface area contributed by atoms with Crippen LogP contribution >= 0.6 is 0 Å². The Kier molecular flexibility index (Phi) is 4.82. The molecule has 0 bridgehead atoms. The summed E-state index contributed by atoms with van der Waals surface area (Å²) >= 11 is 0. The minimum Gasteiger partial charge on any atom is -0.497 e. The van der Waals surface area contributed by atoms with Gasteiger partial charge < -0.3 is 15.8 Å². The Balaban J connectivity index is 1.89. The van der Waals surface area contributed by atoms with Crippen LogP contribution in [-0.2, 0) is 11.2 Å². The molecule has 0 saturated carbocycles. The number of methoxy groups -OCH3 is 1. The highest BCUT2D eigenvalue weighted by Gasteiger charge is 2.05. The highest BCUT2D eigenvalue weighted by atomic mass is 16.5. The second-order valence-corrected chi connectivity index (χ2v) is 4.97. The van der Waals surface area contributed by atoms with Crippen LogP contribution in [0.5, 0.6) is 5.75 Å². The number of rotatable bonds is 5. The molecule has 2 rings (SSSR count). The third-order valence-electron chi connectivity index (χ3n) is 3.32. The Morgan fingerprint density at radius 2 is 1.90 bits per heavy atom. The van der Waals surface area contributed by atoms with Crippen molar-refractivity contribution in [1.29, 1.82) is 0 Å². The summed E-state index contributed by atoms with van der Waals surface area (Å²) in [5, 5.41) is 2.91. The molecule has 0 heterocycles. The van der Waals surface area contributed by atoms with E-state index in [1.807, 2.05) is 43.3 Å². The van der Waals surface area contributed by atoms with E-state index in [9.17, 15) is 4.79 Å².